The summed E-state index contributed by atoms with van der Waals surface area (Å²) in [6, 6.07) is 6.62. The highest BCUT2D eigenvalue weighted by atomic mass is 79.9. The molecule has 104 valence electrons. The number of nitrogens with two attached hydrogens (primary N) is 1. The van der Waals surface area contributed by atoms with Crippen LogP contribution in [0.25, 0.3) is 11.3 Å². The number of hydrogen-bond donors (Lipinski definition) is 2. The summed E-state index contributed by atoms with van der Waals surface area (Å²) >= 11 is 3.65. The van der Waals surface area contributed by atoms with E-state index in [2.05, 4.69) is 49.2 Å². The number of aromatic nitrogens is 2. The second kappa shape index (κ2) is 4.60. The molecule has 0 saturated carbocycles. The Kier molecular flexibility index (Phi) is 2.86. The number of benzene rings is 1. The van der Waals surface area contributed by atoms with E-state index in [-0.39, 0.29) is 6.04 Å². The quantitative estimate of drug-likeness (QED) is 0.720. The van der Waals surface area contributed by atoms with Crippen LogP contribution in [-0.4, -0.2) is 29.3 Å². The van der Waals surface area contributed by atoms with E-state index in [1.165, 1.54) is 26.9 Å². The predicted octanol–water partition coefficient (Wildman–Crippen LogP) is 2.67. The van der Waals surface area contributed by atoms with Gasteiger partial charge < -0.3 is 10.6 Å². The second-order valence-corrected chi connectivity index (χ2v) is 6.55. The predicted molar refractivity (Wildman–Crippen MR) is 84.0 cm³/mol. The molecule has 0 radical (unpaired) electrons. The Labute approximate surface area is 126 Å². The largest absolute Gasteiger partial charge is 0.353 e. The molecule has 1 unspecified atom stereocenters. The lowest BCUT2D eigenvalue weighted by Crippen LogP contribution is -2.43. The van der Waals surface area contributed by atoms with Gasteiger partial charge in [0.2, 0.25) is 0 Å². The van der Waals surface area contributed by atoms with Crippen molar-refractivity contribution in [3.8, 4) is 11.3 Å². The van der Waals surface area contributed by atoms with Crippen molar-refractivity contribution in [1.82, 2.24) is 10.2 Å². The van der Waals surface area contributed by atoms with E-state index in [0.717, 1.165) is 38.2 Å². The van der Waals surface area contributed by atoms with Crippen LogP contribution in [0.4, 0.5) is 5.82 Å². The van der Waals surface area contributed by atoms with Crippen molar-refractivity contribution in [3.05, 3.63) is 33.8 Å². The zero-order valence-corrected chi connectivity index (χ0v) is 12.8. The van der Waals surface area contributed by atoms with Gasteiger partial charge >= 0.3 is 0 Å². The highest BCUT2D eigenvalue weighted by molar-refractivity contribution is 9.10. The number of anilines is 1. The van der Waals surface area contributed by atoms with Crippen molar-refractivity contribution < 1.29 is 0 Å². The fraction of sp³-hybridized carbons (Fsp3) is 0.400. The third kappa shape index (κ3) is 1.80. The topological polar surface area (TPSA) is 57.9 Å². The molecule has 5 heteroatoms. The summed E-state index contributed by atoms with van der Waals surface area (Å²) < 4.78 is 1.18. The zero-order valence-electron chi connectivity index (χ0n) is 11.2. The van der Waals surface area contributed by atoms with Crippen LogP contribution in [0, 0.1) is 0 Å². The molecule has 1 aliphatic heterocycles. The van der Waals surface area contributed by atoms with Crippen LogP contribution < -0.4 is 10.6 Å². The maximum atomic E-state index is 6.10. The molecule has 0 bridgehead atoms. The Hall–Kier alpha value is -1.33. The minimum atomic E-state index is 0.270. The standard InChI is InChI=1S/C15H17BrN4/c16-13-5-1-4-10-11(13)7-12-14(10)18-19-15(12)20-6-2-3-9(17)8-20/h1,4-5,9H,2-3,6-8,17H2,(H,18,19). The van der Waals surface area contributed by atoms with Crippen LogP contribution in [0.5, 0.6) is 0 Å². The summed E-state index contributed by atoms with van der Waals surface area (Å²) in [5, 5.41) is 7.78. The van der Waals surface area contributed by atoms with E-state index in [4.69, 9.17) is 5.73 Å². The second-order valence-electron chi connectivity index (χ2n) is 5.69. The van der Waals surface area contributed by atoms with Crippen LogP contribution in [0.2, 0.25) is 0 Å². The van der Waals surface area contributed by atoms with E-state index in [1.54, 1.807) is 0 Å². The molecular weight excluding hydrogens is 316 g/mol. The van der Waals surface area contributed by atoms with Gasteiger partial charge in [0.05, 0.1) is 5.69 Å². The Bertz CT molecular complexity index is 664. The molecule has 1 saturated heterocycles. The molecule has 3 N–H and O–H groups in total. The lowest BCUT2D eigenvalue weighted by Gasteiger charge is -2.31. The van der Waals surface area contributed by atoms with Gasteiger partial charge in [0.25, 0.3) is 0 Å². The number of nitrogens with zero attached hydrogens (tertiary/aromatic N) is 2. The first-order chi connectivity index (χ1) is 9.74. The van der Waals surface area contributed by atoms with Gasteiger partial charge in [-0.2, -0.15) is 5.10 Å². The average molecular weight is 333 g/mol. The Morgan fingerprint density at radius 3 is 3.10 bits per heavy atom. The fourth-order valence-electron chi connectivity index (χ4n) is 3.36. The summed E-state index contributed by atoms with van der Waals surface area (Å²) in [5.41, 5.74) is 11.2. The number of hydrogen-bond acceptors (Lipinski definition) is 3. The molecule has 0 spiro atoms. The first-order valence-electron chi connectivity index (χ1n) is 7.09. The van der Waals surface area contributed by atoms with E-state index in [0.29, 0.717) is 0 Å². The van der Waals surface area contributed by atoms with Gasteiger partial charge in [0.1, 0.15) is 0 Å². The first-order valence-corrected chi connectivity index (χ1v) is 7.89. The fourth-order valence-corrected chi connectivity index (χ4v) is 3.87. The van der Waals surface area contributed by atoms with Crippen molar-refractivity contribution >= 4 is 21.7 Å². The van der Waals surface area contributed by atoms with Gasteiger partial charge in [-0.05, 0) is 24.5 Å². The van der Waals surface area contributed by atoms with Crippen molar-refractivity contribution in [2.75, 3.05) is 18.0 Å². The van der Waals surface area contributed by atoms with Crippen LogP contribution in [0.15, 0.2) is 22.7 Å². The van der Waals surface area contributed by atoms with Crippen molar-refractivity contribution in [2.45, 2.75) is 25.3 Å². The molecule has 2 heterocycles. The highest BCUT2D eigenvalue weighted by Gasteiger charge is 2.29. The lowest BCUT2D eigenvalue weighted by atomic mass is 10.1. The Morgan fingerprint density at radius 1 is 1.35 bits per heavy atom. The monoisotopic (exact) mass is 332 g/mol. The van der Waals surface area contributed by atoms with Crippen molar-refractivity contribution in [3.63, 3.8) is 0 Å². The first kappa shape index (κ1) is 12.4. The molecular formula is C15H17BrN4. The van der Waals surface area contributed by atoms with Crippen LogP contribution >= 0.6 is 15.9 Å². The van der Waals surface area contributed by atoms with E-state index in [9.17, 15) is 0 Å². The molecule has 20 heavy (non-hydrogen) atoms. The number of piperidine rings is 1. The van der Waals surface area contributed by atoms with Crippen LogP contribution in [0.1, 0.15) is 24.0 Å². The molecule has 1 atom stereocenters. The van der Waals surface area contributed by atoms with Crippen LogP contribution in [0.3, 0.4) is 0 Å². The maximum Gasteiger partial charge on any atom is 0.154 e. The number of fused-ring (bicyclic) bond motifs is 3. The van der Waals surface area contributed by atoms with Gasteiger partial charge in [-0.3, -0.25) is 5.10 Å². The molecule has 4 rings (SSSR count). The molecule has 1 aromatic heterocycles. The van der Waals surface area contributed by atoms with Crippen molar-refractivity contribution in [1.29, 1.82) is 0 Å². The Morgan fingerprint density at radius 2 is 2.25 bits per heavy atom. The van der Waals surface area contributed by atoms with Gasteiger partial charge in [0, 0.05) is 41.2 Å². The summed E-state index contributed by atoms with van der Waals surface area (Å²) in [4.78, 5) is 2.34. The molecule has 1 aliphatic carbocycles. The number of rotatable bonds is 1. The molecule has 4 nitrogen and oxygen atoms in total. The smallest absolute Gasteiger partial charge is 0.154 e. The summed E-state index contributed by atoms with van der Waals surface area (Å²) in [6.07, 6.45) is 3.22. The van der Waals surface area contributed by atoms with Gasteiger partial charge in [-0.1, -0.05) is 28.1 Å². The number of halogens is 1. The van der Waals surface area contributed by atoms with E-state index >= 15 is 0 Å². The third-order valence-corrected chi connectivity index (χ3v) is 5.09. The number of H-pyrrole nitrogens is 1. The zero-order chi connectivity index (χ0) is 13.7. The molecule has 2 aromatic rings. The van der Waals surface area contributed by atoms with Gasteiger partial charge in [0.15, 0.2) is 5.82 Å². The normalized spacial score (nSPS) is 20.9. The summed E-state index contributed by atoms with van der Waals surface area (Å²) in [5.74, 6) is 1.10. The van der Waals surface area contributed by atoms with Gasteiger partial charge in [-0.25, -0.2) is 0 Å². The maximum absolute atomic E-state index is 6.10. The van der Waals surface area contributed by atoms with Crippen LogP contribution in [-0.2, 0) is 6.42 Å². The molecule has 0 amide bonds. The van der Waals surface area contributed by atoms with E-state index < -0.39 is 0 Å². The highest BCUT2D eigenvalue weighted by Crippen LogP contribution is 2.42. The third-order valence-electron chi connectivity index (χ3n) is 4.34. The Balaban J connectivity index is 1.74. The molecule has 2 aliphatic rings. The average Bonchev–Trinajstić information content (AvgIpc) is 2.99. The minimum Gasteiger partial charge on any atom is -0.353 e. The number of nitrogens with one attached hydrogen (secondary N) is 1. The van der Waals surface area contributed by atoms with E-state index in [1.807, 2.05) is 0 Å². The molecule has 1 fully saturated rings. The number of aromatic amines is 1. The SMILES string of the molecule is NC1CCCN(c2n[nH]c3c2Cc2c(Br)cccc2-3)C1. The van der Waals surface area contributed by atoms with Gasteiger partial charge in [-0.15, -0.1) is 0 Å². The van der Waals surface area contributed by atoms with Crippen molar-refractivity contribution in [2.24, 2.45) is 5.73 Å². The summed E-state index contributed by atoms with van der Waals surface area (Å²) in [6.45, 7) is 1.97. The lowest BCUT2D eigenvalue weighted by molar-refractivity contribution is 0.502. The summed E-state index contributed by atoms with van der Waals surface area (Å²) in [7, 11) is 0. The minimum absolute atomic E-state index is 0.270. The molecule has 1 aromatic carbocycles.